The van der Waals surface area contributed by atoms with Crippen molar-refractivity contribution in [3.05, 3.63) is 60.2 Å². The second-order valence-electron chi connectivity index (χ2n) is 6.25. The van der Waals surface area contributed by atoms with Gasteiger partial charge < -0.3 is 4.90 Å². The second kappa shape index (κ2) is 7.38. The van der Waals surface area contributed by atoms with Crippen molar-refractivity contribution in [1.29, 1.82) is 5.26 Å². The third kappa shape index (κ3) is 3.33. The summed E-state index contributed by atoms with van der Waals surface area (Å²) < 4.78 is 28.8. The third-order valence-electron chi connectivity index (χ3n) is 4.60. The molecule has 1 aliphatic heterocycles. The van der Waals surface area contributed by atoms with Crippen molar-refractivity contribution in [3.8, 4) is 11.8 Å². The molecule has 10 heteroatoms. The van der Waals surface area contributed by atoms with Crippen LogP contribution in [-0.2, 0) is 10.0 Å². The Morgan fingerprint density at radius 3 is 2.25 bits per heavy atom. The maximum Gasteiger partial charge on any atom is 0.250 e. The zero-order chi connectivity index (χ0) is 19.6. The SMILES string of the molecule is N#Cc1ccc(S(=O)(=O)N2CCN(c3nnnn3-c3ccccc3)CC2)cc1. The van der Waals surface area contributed by atoms with Crippen LogP contribution in [0.1, 0.15) is 5.56 Å². The van der Waals surface area contributed by atoms with Gasteiger partial charge in [0.2, 0.25) is 16.0 Å². The van der Waals surface area contributed by atoms with E-state index in [2.05, 4.69) is 15.5 Å². The topological polar surface area (TPSA) is 108 Å². The molecule has 0 spiro atoms. The van der Waals surface area contributed by atoms with Crippen molar-refractivity contribution in [2.45, 2.75) is 4.90 Å². The molecule has 0 saturated carbocycles. The number of aromatic nitrogens is 4. The van der Waals surface area contributed by atoms with E-state index in [1.165, 1.54) is 28.6 Å². The van der Waals surface area contributed by atoms with Crippen LogP contribution >= 0.6 is 0 Å². The average Bonchev–Trinajstić information content (AvgIpc) is 3.24. The van der Waals surface area contributed by atoms with Crippen LogP contribution in [0.15, 0.2) is 59.5 Å². The number of benzene rings is 2. The van der Waals surface area contributed by atoms with Crippen molar-refractivity contribution < 1.29 is 8.42 Å². The second-order valence-corrected chi connectivity index (χ2v) is 8.19. The molecule has 142 valence electrons. The van der Waals surface area contributed by atoms with Gasteiger partial charge >= 0.3 is 0 Å². The lowest BCUT2D eigenvalue weighted by Crippen LogP contribution is -2.49. The van der Waals surface area contributed by atoms with Crippen LogP contribution in [0.4, 0.5) is 5.95 Å². The molecule has 1 aromatic heterocycles. The number of para-hydroxylation sites is 1. The fraction of sp³-hybridized carbons (Fsp3) is 0.222. The molecular weight excluding hydrogens is 378 g/mol. The first-order valence-corrected chi connectivity index (χ1v) is 10.1. The fourth-order valence-corrected chi connectivity index (χ4v) is 4.52. The van der Waals surface area contributed by atoms with E-state index in [0.717, 1.165) is 5.69 Å². The number of anilines is 1. The summed E-state index contributed by atoms with van der Waals surface area (Å²) in [6.07, 6.45) is 0. The van der Waals surface area contributed by atoms with Gasteiger partial charge in [-0.1, -0.05) is 23.3 Å². The van der Waals surface area contributed by atoms with Gasteiger partial charge in [-0.3, -0.25) is 0 Å². The molecule has 1 fully saturated rings. The van der Waals surface area contributed by atoms with E-state index in [0.29, 0.717) is 37.7 Å². The Bertz CT molecular complexity index is 1100. The molecule has 28 heavy (non-hydrogen) atoms. The Morgan fingerprint density at radius 1 is 0.929 bits per heavy atom. The zero-order valence-corrected chi connectivity index (χ0v) is 15.7. The zero-order valence-electron chi connectivity index (χ0n) is 14.9. The predicted octanol–water partition coefficient (Wildman–Crippen LogP) is 1.04. The Morgan fingerprint density at radius 2 is 1.61 bits per heavy atom. The predicted molar refractivity (Wildman–Crippen MR) is 101 cm³/mol. The van der Waals surface area contributed by atoms with Crippen LogP contribution in [0.5, 0.6) is 0 Å². The first-order chi connectivity index (χ1) is 13.6. The van der Waals surface area contributed by atoms with Gasteiger partial charge in [-0.05, 0) is 46.8 Å². The van der Waals surface area contributed by atoms with Crippen LogP contribution in [0.25, 0.3) is 5.69 Å². The number of hydrogen-bond acceptors (Lipinski definition) is 7. The minimum atomic E-state index is -3.60. The van der Waals surface area contributed by atoms with Gasteiger partial charge in [-0.15, -0.1) is 0 Å². The maximum absolute atomic E-state index is 12.8. The number of rotatable bonds is 4. The summed E-state index contributed by atoms with van der Waals surface area (Å²) >= 11 is 0. The Hall–Kier alpha value is -3.29. The van der Waals surface area contributed by atoms with Crippen molar-refractivity contribution in [2.24, 2.45) is 0 Å². The van der Waals surface area contributed by atoms with Gasteiger partial charge in [0.25, 0.3) is 0 Å². The summed E-state index contributed by atoms with van der Waals surface area (Å²) in [6.45, 7) is 1.60. The molecule has 2 aromatic carbocycles. The lowest BCUT2D eigenvalue weighted by molar-refractivity contribution is 0.381. The van der Waals surface area contributed by atoms with E-state index in [9.17, 15) is 8.42 Å². The summed E-state index contributed by atoms with van der Waals surface area (Å²) in [5, 5.41) is 20.8. The monoisotopic (exact) mass is 395 g/mol. The first-order valence-electron chi connectivity index (χ1n) is 8.69. The molecule has 3 aromatic rings. The molecule has 4 rings (SSSR count). The van der Waals surface area contributed by atoms with Crippen LogP contribution < -0.4 is 4.90 Å². The quantitative estimate of drug-likeness (QED) is 0.649. The Kier molecular flexibility index (Phi) is 4.77. The van der Waals surface area contributed by atoms with Gasteiger partial charge in [0.05, 0.1) is 22.2 Å². The first kappa shape index (κ1) is 18.1. The number of piperazine rings is 1. The summed E-state index contributed by atoms with van der Waals surface area (Å²) in [4.78, 5) is 2.16. The van der Waals surface area contributed by atoms with Crippen LogP contribution in [-0.4, -0.2) is 59.1 Å². The summed E-state index contributed by atoms with van der Waals surface area (Å²) in [5.41, 5.74) is 1.27. The van der Waals surface area contributed by atoms with Gasteiger partial charge in [0, 0.05) is 26.2 Å². The minimum Gasteiger partial charge on any atom is -0.337 e. The summed E-state index contributed by atoms with van der Waals surface area (Å²) in [5.74, 6) is 0.585. The van der Waals surface area contributed by atoms with E-state index >= 15 is 0 Å². The molecule has 1 saturated heterocycles. The van der Waals surface area contributed by atoms with Crippen LogP contribution in [0, 0.1) is 11.3 Å². The molecular formula is C18H17N7O2S. The van der Waals surface area contributed by atoms with Gasteiger partial charge in [0.1, 0.15) is 0 Å². The average molecular weight is 395 g/mol. The molecule has 0 N–H and O–H groups in total. The van der Waals surface area contributed by atoms with Gasteiger partial charge in [-0.2, -0.15) is 14.2 Å². The largest absolute Gasteiger partial charge is 0.337 e. The lowest BCUT2D eigenvalue weighted by atomic mass is 10.2. The summed E-state index contributed by atoms with van der Waals surface area (Å²) in [6, 6.07) is 17.5. The molecule has 0 unspecified atom stereocenters. The minimum absolute atomic E-state index is 0.189. The molecule has 0 atom stereocenters. The standard InChI is InChI=1S/C18H17N7O2S/c19-14-15-6-8-17(9-7-15)28(26,27)24-12-10-23(11-13-24)18-20-21-22-25(18)16-4-2-1-3-5-16/h1-9H,10-13H2. The number of tetrazole rings is 1. The van der Waals surface area contributed by atoms with E-state index in [1.807, 2.05) is 41.3 Å². The normalized spacial score (nSPS) is 15.3. The lowest BCUT2D eigenvalue weighted by Gasteiger charge is -2.34. The fourth-order valence-electron chi connectivity index (χ4n) is 3.09. The highest BCUT2D eigenvalue weighted by Crippen LogP contribution is 2.21. The molecule has 0 aliphatic carbocycles. The summed E-state index contributed by atoms with van der Waals surface area (Å²) in [7, 11) is -3.60. The molecule has 9 nitrogen and oxygen atoms in total. The van der Waals surface area contributed by atoms with Gasteiger partial charge in [-0.25, -0.2) is 8.42 Å². The molecule has 0 amide bonds. The highest BCUT2D eigenvalue weighted by molar-refractivity contribution is 7.89. The van der Waals surface area contributed by atoms with Crippen molar-refractivity contribution in [1.82, 2.24) is 24.5 Å². The maximum atomic E-state index is 12.8. The molecule has 0 bridgehead atoms. The third-order valence-corrected chi connectivity index (χ3v) is 6.51. The van der Waals surface area contributed by atoms with Crippen molar-refractivity contribution in [2.75, 3.05) is 31.1 Å². The van der Waals surface area contributed by atoms with Crippen molar-refractivity contribution >= 4 is 16.0 Å². The van der Waals surface area contributed by atoms with Crippen LogP contribution in [0.3, 0.4) is 0 Å². The van der Waals surface area contributed by atoms with Crippen LogP contribution in [0.2, 0.25) is 0 Å². The van der Waals surface area contributed by atoms with E-state index < -0.39 is 10.0 Å². The van der Waals surface area contributed by atoms with Crippen molar-refractivity contribution in [3.63, 3.8) is 0 Å². The number of nitriles is 1. The smallest absolute Gasteiger partial charge is 0.250 e. The number of nitrogens with zero attached hydrogens (tertiary/aromatic N) is 7. The van der Waals surface area contributed by atoms with E-state index in [-0.39, 0.29) is 4.90 Å². The Labute approximate surface area is 162 Å². The molecule has 2 heterocycles. The Balaban J connectivity index is 1.50. The molecule has 1 aliphatic rings. The number of sulfonamides is 1. The van der Waals surface area contributed by atoms with E-state index in [4.69, 9.17) is 5.26 Å². The van der Waals surface area contributed by atoms with E-state index in [1.54, 1.807) is 4.68 Å². The van der Waals surface area contributed by atoms with Gasteiger partial charge in [0.15, 0.2) is 0 Å². The number of hydrogen-bond donors (Lipinski definition) is 0. The highest BCUT2D eigenvalue weighted by Gasteiger charge is 2.30. The highest BCUT2D eigenvalue weighted by atomic mass is 32.2. The molecule has 0 radical (unpaired) electrons.